The lowest BCUT2D eigenvalue weighted by atomic mass is 10.2. The molecule has 3 heterocycles. The van der Waals surface area contributed by atoms with Crippen molar-refractivity contribution >= 4 is 47.7 Å². The quantitative estimate of drug-likeness (QED) is 0.0975. The first-order valence-corrected chi connectivity index (χ1v) is 17.5. The number of carbonyl (C=O) groups excluding carboxylic acids is 1. The van der Waals surface area contributed by atoms with Crippen LogP contribution in [0.3, 0.4) is 0 Å². The van der Waals surface area contributed by atoms with E-state index in [1.807, 2.05) is 37.4 Å². The van der Waals surface area contributed by atoms with Gasteiger partial charge in [0.2, 0.25) is 0 Å². The minimum Gasteiger partial charge on any atom is -0.464 e. The van der Waals surface area contributed by atoms with E-state index in [0.29, 0.717) is 46.5 Å². The SMILES string of the molecule is CC(=O)OCCn1cc(-c2cnc3ccc(Oc4ccc5nc(C)n(COCC[Si](C)(C)C)c5c4)c(Cl)c3n2)cn1. The number of halogens is 1. The van der Waals surface area contributed by atoms with Gasteiger partial charge in [-0.3, -0.25) is 14.5 Å². The Morgan fingerprint density at radius 2 is 1.85 bits per heavy atom. The van der Waals surface area contributed by atoms with Crippen LogP contribution in [-0.2, 0) is 27.5 Å². The summed E-state index contributed by atoms with van der Waals surface area (Å²) in [5.74, 6) is 1.65. The van der Waals surface area contributed by atoms with Gasteiger partial charge < -0.3 is 18.8 Å². The zero-order valence-electron chi connectivity index (χ0n) is 23.8. The lowest BCUT2D eigenvalue weighted by Crippen LogP contribution is -2.22. The number of carbonyl (C=O) groups is 1. The number of ether oxygens (including phenoxy) is 3. The van der Waals surface area contributed by atoms with Gasteiger partial charge in [-0.1, -0.05) is 31.2 Å². The maximum absolute atomic E-state index is 11.0. The van der Waals surface area contributed by atoms with E-state index in [-0.39, 0.29) is 12.6 Å². The van der Waals surface area contributed by atoms with Crippen LogP contribution in [0.15, 0.2) is 48.9 Å². The Balaban J connectivity index is 1.36. The molecular formula is C29H33ClN6O4Si. The monoisotopic (exact) mass is 592 g/mol. The summed E-state index contributed by atoms with van der Waals surface area (Å²) in [4.78, 5) is 25.0. The minimum absolute atomic E-state index is 0.240. The summed E-state index contributed by atoms with van der Waals surface area (Å²) in [5, 5.41) is 4.68. The number of nitrogens with zero attached hydrogens (tertiary/aromatic N) is 6. The van der Waals surface area contributed by atoms with E-state index in [1.54, 1.807) is 23.1 Å². The second-order valence-corrected chi connectivity index (χ2v) is 17.0. The average molecular weight is 593 g/mol. The number of imidazole rings is 1. The van der Waals surface area contributed by atoms with E-state index in [0.717, 1.165) is 35.1 Å². The van der Waals surface area contributed by atoms with Gasteiger partial charge in [0, 0.05) is 39.4 Å². The molecule has 0 N–H and O–H groups in total. The standard InChI is InChI=1S/C29H33ClN6O4Si/c1-19-33-23-7-6-22(14-26(23)36(19)18-38-12-13-41(3,4)5)40-27-9-8-24-29(28(27)30)34-25(16-31-24)21-15-32-35(17-21)10-11-39-20(2)37/h6-9,14-17H,10-13,18H2,1-5H3. The number of hydrogen-bond acceptors (Lipinski definition) is 8. The number of aryl methyl sites for hydroxylation is 1. The van der Waals surface area contributed by atoms with Crippen LogP contribution in [0.4, 0.5) is 0 Å². The molecule has 0 saturated carbocycles. The molecule has 5 aromatic rings. The summed E-state index contributed by atoms with van der Waals surface area (Å²) in [6.45, 7) is 12.2. The van der Waals surface area contributed by atoms with E-state index in [1.165, 1.54) is 6.92 Å². The molecule has 0 aliphatic rings. The molecule has 0 atom stereocenters. The van der Waals surface area contributed by atoms with Crippen molar-refractivity contribution in [3.63, 3.8) is 0 Å². The van der Waals surface area contributed by atoms with Gasteiger partial charge >= 0.3 is 5.97 Å². The fourth-order valence-corrected chi connectivity index (χ4v) is 5.25. The van der Waals surface area contributed by atoms with Crippen molar-refractivity contribution in [1.29, 1.82) is 0 Å². The Bertz CT molecular complexity index is 1710. The Morgan fingerprint density at radius 1 is 1.05 bits per heavy atom. The van der Waals surface area contributed by atoms with Gasteiger partial charge in [0.25, 0.3) is 0 Å². The molecule has 0 unspecified atom stereocenters. The van der Waals surface area contributed by atoms with E-state index in [9.17, 15) is 4.79 Å². The smallest absolute Gasteiger partial charge is 0.302 e. The highest BCUT2D eigenvalue weighted by Crippen LogP contribution is 2.36. The molecule has 12 heteroatoms. The van der Waals surface area contributed by atoms with Gasteiger partial charge in [-0.05, 0) is 37.2 Å². The second kappa shape index (κ2) is 12.0. The van der Waals surface area contributed by atoms with Crippen molar-refractivity contribution < 1.29 is 19.0 Å². The van der Waals surface area contributed by atoms with Gasteiger partial charge in [-0.2, -0.15) is 5.10 Å². The average Bonchev–Trinajstić information content (AvgIpc) is 3.51. The maximum atomic E-state index is 11.0. The second-order valence-electron chi connectivity index (χ2n) is 11.0. The first-order valence-electron chi connectivity index (χ1n) is 13.4. The van der Waals surface area contributed by atoms with Crippen LogP contribution in [0.1, 0.15) is 12.7 Å². The summed E-state index contributed by atoms with van der Waals surface area (Å²) in [6, 6.07) is 10.5. The van der Waals surface area contributed by atoms with Crippen LogP contribution >= 0.6 is 11.6 Å². The third-order valence-electron chi connectivity index (χ3n) is 6.53. The third-order valence-corrected chi connectivity index (χ3v) is 8.60. The predicted octanol–water partition coefficient (Wildman–Crippen LogP) is 6.47. The Hall–Kier alpha value is -3.80. The van der Waals surface area contributed by atoms with Gasteiger partial charge in [-0.25, -0.2) is 9.97 Å². The summed E-state index contributed by atoms with van der Waals surface area (Å²) < 4.78 is 21.0. The minimum atomic E-state index is -1.17. The van der Waals surface area contributed by atoms with E-state index < -0.39 is 8.07 Å². The third kappa shape index (κ3) is 6.92. The van der Waals surface area contributed by atoms with Crippen LogP contribution in [0.5, 0.6) is 11.5 Å². The highest BCUT2D eigenvalue weighted by Gasteiger charge is 2.16. The summed E-state index contributed by atoms with van der Waals surface area (Å²) in [5.41, 5.74) is 4.35. The Kier molecular flexibility index (Phi) is 8.39. The van der Waals surface area contributed by atoms with E-state index >= 15 is 0 Å². The number of aromatic nitrogens is 6. The number of esters is 1. The lowest BCUT2D eigenvalue weighted by Gasteiger charge is -2.16. The number of hydrogen-bond donors (Lipinski definition) is 0. The Labute approximate surface area is 244 Å². The maximum Gasteiger partial charge on any atom is 0.302 e. The van der Waals surface area contributed by atoms with Crippen molar-refractivity contribution in [1.82, 2.24) is 29.3 Å². The molecule has 10 nitrogen and oxygen atoms in total. The molecule has 0 aliphatic carbocycles. The topological polar surface area (TPSA) is 106 Å². The highest BCUT2D eigenvalue weighted by molar-refractivity contribution is 6.76. The van der Waals surface area contributed by atoms with Crippen molar-refractivity contribution in [2.75, 3.05) is 13.2 Å². The predicted molar refractivity (Wildman–Crippen MR) is 161 cm³/mol. The molecule has 0 fully saturated rings. The van der Waals surface area contributed by atoms with Crippen LogP contribution in [-0.4, -0.2) is 56.6 Å². The zero-order chi connectivity index (χ0) is 29.1. The molecule has 0 radical (unpaired) electrons. The van der Waals surface area contributed by atoms with Gasteiger partial charge in [0.15, 0.2) is 0 Å². The molecule has 5 rings (SSSR count). The van der Waals surface area contributed by atoms with Crippen molar-refractivity contribution in [3.05, 3.63) is 59.8 Å². The molecule has 0 spiro atoms. The molecule has 41 heavy (non-hydrogen) atoms. The normalized spacial score (nSPS) is 11.9. The highest BCUT2D eigenvalue weighted by atomic mass is 35.5. The van der Waals surface area contributed by atoms with Crippen molar-refractivity contribution in [3.8, 4) is 22.8 Å². The largest absolute Gasteiger partial charge is 0.464 e. The molecule has 0 amide bonds. The first-order chi connectivity index (χ1) is 19.6. The molecule has 2 aromatic carbocycles. The van der Waals surface area contributed by atoms with Crippen LogP contribution < -0.4 is 4.74 Å². The van der Waals surface area contributed by atoms with E-state index in [2.05, 4.69) is 39.3 Å². The fraction of sp³-hybridized carbons (Fsp3) is 0.345. The van der Waals surface area contributed by atoms with Gasteiger partial charge in [0.1, 0.15) is 41.2 Å². The Morgan fingerprint density at radius 3 is 2.63 bits per heavy atom. The molecule has 0 aliphatic heterocycles. The van der Waals surface area contributed by atoms with Crippen molar-refractivity contribution in [2.24, 2.45) is 0 Å². The lowest BCUT2D eigenvalue weighted by molar-refractivity contribution is -0.141. The van der Waals surface area contributed by atoms with Crippen LogP contribution in [0, 0.1) is 6.92 Å². The molecular weight excluding hydrogens is 560 g/mol. The summed E-state index contributed by atoms with van der Waals surface area (Å²) in [7, 11) is -1.17. The van der Waals surface area contributed by atoms with Gasteiger partial charge in [0.05, 0.1) is 41.2 Å². The summed E-state index contributed by atoms with van der Waals surface area (Å²) in [6.07, 6.45) is 5.19. The first kappa shape index (κ1) is 28.7. The van der Waals surface area contributed by atoms with Crippen molar-refractivity contribution in [2.45, 2.75) is 52.8 Å². The van der Waals surface area contributed by atoms with Gasteiger partial charge in [-0.15, -0.1) is 0 Å². The van der Waals surface area contributed by atoms with E-state index in [4.69, 9.17) is 30.8 Å². The zero-order valence-corrected chi connectivity index (χ0v) is 25.6. The number of rotatable bonds is 11. The summed E-state index contributed by atoms with van der Waals surface area (Å²) >= 11 is 6.80. The fourth-order valence-electron chi connectivity index (χ4n) is 4.26. The molecule has 214 valence electrons. The van der Waals surface area contributed by atoms with Crippen LogP contribution in [0.2, 0.25) is 30.7 Å². The molecule has 0 bridgehead atoms. The molecule has 0 saturated heterocycles. The number of benzene rings is 2. The molecule has 3 aromatic heterocycles. The number of fused-ring (bicyclic) bond motifs is 2. The van der Waals surface area contributed by atoms with Crippen LogP contribution in [0.25, 0.3) is 33.3 Å².